The lowest BCUT2D eigenvalue weighted by Gasteiger charge is -2.13. The van der Waals surface area contributed by atoms with Crippen molar-refractivity contribution < 1.29 is 9.15 Å². The lowest BCUT2D eigenvalue weighted by atomic mass is 10.1. The number of methoxy groups -OCH3 is 1. The first-order valence-corrected chi connectivity index (χ1v) is 6.02. The zero-order chi connectivity index (χ0) is 13.1. The van der Waals surface area contributed by atoms with E-state index in [1.165, 1.54) is 0 Å². The second-order valence-electron chi connectivity index (χ2n) is 4.04. The van der Waals surface area contributed by atoms with E-state index in [9.17, 15) is 0 Å². The Labute approximate surface area is 110 Å². The van der Waals surface area contributed by atoms with Crippen molar-refractivity contribution in [1.29, 1.82) is 0 Å². The van der Waals surface area contributed by atoms with Crippen molar-refractivity contribution in [2.45, 2.75) is 19.5 Å². The Morgan fingerprint density at radius 1 is 1.61 bits per heavy atom. The summed E-state index contributed by atoms with van der Waals surface area (Å²) >= 11 is 6.14. The number of hydrogen-bond acceptors (Lipinski definition) is 4. The van der Waals surface area contributed by atoms with Crippen LogP contribution in [-0.4, -0.2) is 23.5 Å². The molecule has 98 valence electrons. The van der Waals surface area contributed by atoms with Crippen LogP contribution in [0.5, 0.6) is 0 Å². The summed E-state index contributed by atoms with van der Waals surface area (Å²) in [6.45, 7) is 3.10. The number of furan rings is 1. The van der Waals surface area contributed by atoms with Crippen LogP contribution in [0.4, 0.5) is 0 Å². The van der Waals surface area contributed by atoms with Crippen molar-refractivity contribution in [3.63, 3.8) is 0 Å². The van der Waals surface area contributed by atoms with E-state index in [1.807, 2.05) is 13.0 Å². The third-order valence-corrected chi connectivity index (χ3v) is 3.11. The van der Waals surface area contributed by atoms with Crippen molar-refractivity contribution in [2.75, 3.05) is 13.7 Å². The van der Waals surface area contributed by atoms with E-state index in [1.54, 1.807) is 24.3 Å². The molecule has 2 aromatic heterocycles. The topological polar surface area (TPSA) is 66.2 Å². The molecule has 0 bridgehead atoms. The van der Waals surface area contributed by atoms with Crippen LogP contribution in [0.25, 0.3) is 0 Å². The van der Waals surface area contributed by atoms with Crippen LogP contribution in [-0.2, 0) is 11.3 Å². The highest BCUT2D eigenvalue weighted by atomic mass is 35.5. The minimum Gasteiger partial charge on any atom is -0.467 e. The molecule has 2 N–H and O–H groups in total. The SMILES string of the molecule is COCCn1ncc(Cl)c1C(N)c1occc1C. The summed E-state index contributed by atoms with van der Waals surface area (Å²) in [4.78, 5) is 0. The predicted octanol–water partition coefficient (Wildman–Crippen LogP) is 2.13. The Balaban J connectivity index is 2.32. The third-order valence-electron chi connectivity index (χ3n) is 2.82. The van der Waals surface area contributed by atoms with E-state index in [2.05, 4.69) is 5.10 Å². The molecule has 0 aliphatic heterocycles. The fourth-order valence-electron chi connectivity index (χ4n) is 1.86. The Hall–Kier alpha value is -1.30. The average Bonchev–Trinajstić information content (AvgIpc) is 2.92. The maximum absolute atomic E-state index is 6.20. The van der Waals surface area contributed by atoms with Gasteiger partial charge >= 0.3 is 0 Å². The molecule has 0 spiro atoms. The highest BCUT2D eigenvalue weighted by molar-refractivity contribution is 6.31. The first-order valence-electron chi connectivity index (χ1n) is 5.65. The molecule has 2 aromatic rings. The van der Waals surface area contributed by atoms with E-state index in [0.29, 0.717) is 23.9 Å². The Kier molecular flexibility index (Phi) is 4.06. The number of rotatable bonds is 5. The summed E-state index contributed by atoms with van der Waals surface area (Å²) in [5.41, 5.74) is 7.94. The lowest BCUT2D eigenvalue weighted by Crippen LogP contribution is -2.19. The van der Waals surface area contributed by atoms with Gasteiger partial charge in [-0.2, -0.15) is 5.10 Å². The summed E-state index contributed by atoms with van der Waals surface area (Å²) in [7, 11) is 1.64. The van der Waals surface area contributed by atoms with Crippen molar-refractivity contribution >= 4 is 11.6 Å². The summed E-state index contributed by atoms with van der Waals surface area (Å²) in [6.07, 6.45) is 3.21. The molecule has 1 atom stereocenters. The van der Waals surface area contributed by atoms with Gasteiger partial charge in [0, 0.05) is 7.11 Å². The van der Waals surface area contributed by atoms with Gasteiger partial charge in [0.25, 0.3) is 0 Å². The van der Waals surface area contributed by atoms with Crippen molar-refractivity contribution in [2.24, 2.45) is 5.73 Å². The highest BCUT2D eigenvalue weighted by Gasteiger charge is 2.22. The maximum Gasteiger partial charge on any atom is 0.129 e. The Bertz CT molecular complexity index is 521. The standard InChI is InChI=1S/C12H16ClN3O2/c1-8-3-5-18-12(8)10(14)11-9(13)7-15-16(11)4-6-17-2/h3,5,7,10H,4,6,14H2,1-2H3. The summed E-state index contributed by atoms with van der Waals surface area (Å²) < 4.78 is 12.2. The van der Waals surface area contributed by atoms with Gasteiger partial charge in [0.2, 0.25) is 0 Å². The Morgan fingerprint density at radius 2 is 2.39 bits per heavy atom. The Morgan fingerprint density at radius 3 is 3.00 bits per heavy atom. The highest BCUT2D eigenvalue weighted by Crippen LogP contribution is 2.28. The lowest BCUT2D eigenvalue weighted by molar-refractivity contribution is 0.182. The zero-order valence-electron chi connectivity index (χ0n) is 10.4. The van der Waals surface area contributed by atoms with E-state index < -0.39 is 6.04 Å². The van der Waals surface area contributed by atoms with E-state index >= 15 is 0 Å². The molecule has 2 heterocycles. The van der Waals surface area contributed by atoms with Gasteiger partial charge in [0.15, 0.2) is 0 Å². The quantitative estimate of drug-likeness (QED) is 0.903. The molecule has 0 amide bonds. The summed E-state index contributed by atoms with van der Waals surface area (Å²) in [5, 5.41) is 4.73. The van der Waals surface area contributed by atoms with Crippen LogP contribution in [0.3, 0.4) is 0 Å². The molecule has 0 aliphatic rings. The van der Waals surface area contributed by atoms with Gasteiger partial charge in [-0.05, 0) is 18.6 Å². The van der Waals surface area contributed by atoms with Crippen molar-refractivity contribution in [3.8, 4) is 0 Å². The van der Waals surface area contributed by atoms with Gasteiger partial charge in [0.05, 0.1) is 36.3 Å². The van der Waals surface area contributed by atoms with E-state index in [4.69, 9.17) is 26.5 Å². The minimum absolute atomic E-state index is 0.424. The molecule has 18 heavy (non-hydrogen) atoms. The maximum atomic E-state index is 6.20. The third kappa shape index (κ3) is 2.43. The van der Waals surface area contributed by atoms with Gasteiger partial charge < -0.3 is 14.9 Å². The summed E-state index contributed by atoms with van der Waals surface area (Å²) in [5.74, 6) is 0.705. The molecule has 0 fully saturated rings. The number of hydrogen-bond donors (Lipinski definition) is 1. The summed E-state index contributed by atoms with van der Waals surface area (Å²) in [6, 6.07) is 1.45. The number of halogens is 1. The predicted molar refractivity (Wildman–Crippen MR) is 68.6 cm³/mol. The van der Waals surface area contributed by atoms with Crippen molar-refractivity contribution in [3.05, 3.63) is 40.6 Å². The molecule has 0 aliphatic carbocycles. The van der Waals surface area contributed by atoms with Crippen LogP contribution in [0.2, 0.25) is 5.02 Å². The van der Waals surface area contributed by atoms with Crippen LogP contribution in [0, 0.1) is 6.92 Å². The minimum atomic E-state index is -0.424. The molecule has 0 radical (unpaired) electrons. The monoisotopic (exact) mass is 269 g/mol. The van der Waals surface area contributed by atoms with Crippen LogP contribution in [0.1, 0.15) is 23.1 Å². The number of aromatic nitrogens is 2. The number of ether oxygens (including phenoxy) is 1. The molecule has 1 unspecified atom stereocenters. The molecule has 0 saturated carbocycles. The normalized spacial score (nSPS) is 12.9. The largest absolute Gasteiger partial charge is 0.467 e. The smallest absolute Gasteiger partial charge is 0.129 e. The first-order chi connectivity index (χ1) is 8.65. The van der Waals surface area contributed by atoms with Gasteiger partial charge in [0.1, 0.15) is 11.8 Å². The zero-order valence-corrected chi connectivity index (χ0v) is 11.1. The van der Waals surface area contributed by atoms with Gasteiger partial charge in [-0.1, -0.05) is 11.6 Å². The van der Waals surface area contributed by atoms with Gasteiger partial charge in [-0.3, -0.25) is 4.68 Å². The van der Waals surface area contributed by atoms with E-state index in [-0.39, 0.29) is 0 Å². The van der Waals surface area contributed by atoms with Gasteiger partial charge in [-0.25, -0.2) is 0 Å². The molecule has 2 rings (SSSR count). The van der Waals surface area contributed by atoms with E-state index in [0.717, 1.165) is 11.3 Å². The van der Waals surface area contributed by atoms with Crippen LogP contribution < -0.4 is 5.73 Å². The second kappa shape index (κ2) is 5.56. The molecule has 6 heteroatoms. The first kappa shape index (κ1) is 13.1. The fraction of sp³-hybridized carbons (Fsp3) is 0.417. The number of nitrogens with two attached hydrogens (primary N) is 1. The molecular weight excluding hydrogens is 254 g/mol. The molecule has 5 nitrogen and oxygen atoms in total. The molecular formula is C12H16ClN3O2. The van der Waals surface area contributed by atoms with Crippen molar-refractivity contribution in [1.82, 2.24) is 9.78 Å². The molecule has 0 aromatic carbocycles. The van der Waals surface area contributed by atoms with Gasteiger partial charge in [-0.15, -0.1) is 0 Å². The number of aryl methyl sites for hydroxylation is 1. The fourth-order valence-corrected chi connectivity index (χ4v) is 2.12. The van der Waals surface area contributed by atoms with Crippen LogP contribution >= 0.6 is 11.6 Å². The molecule has 0 saturated heterocycles. The second-order valence-corrected chi connectivity index (χ2v) is 4.45. The number of nitrogens with zero attached hydrogens (tertiary/aromatic N) is 2. The average molecular weight is 270 g/mol. The van der Waals surface area contributed by atoms with Crippen LogP contribution in [0.15, 0.2) is 22.9 Å².